The quantitative estimate of drug-likeness (QED) is 0.532. The Morgan fingerprint density at radius 2 is 1.62 bits per heavy atom. The predicted molar refractivity (Wildman–Crippen MR) is 71.8 cm³/mol. The second-order valence-electron chi connectivity index (χ2n) is 5.63. The highest BCUT2D eigenvalue weighted by molar-refractivity contribution is 4.55. The van der Waals surface area contributed by atoms with Crippen LogP contribution < -0.4 is 0 Å². The fourth-order valence-electron chi connectivity index (χ4n) is 1.65. The van der Waals surface area contributed by atoms with Crippen molar-refractivity contribution in [1.29, 1.82) is 0 Å². The Bertz CT molecular complexity index is 146. The van der Waals surface area contributed by atoms with Gasteiger partial charge in [-0.3, -0.25) is 0 Å². The lowest BCUT2D eigenvalue weighted by atomic mass is 9.98. The smallest absolute Gasteiger partial charge is 0.0593 e. The van der Waals surface area contributed by atoms with Gasteiger partial charge in [-0.05, 0) is 32.4 Å². The summed E-state index contributed by atoms with van der Waals surface area (Å²) in [5.74, 6) is 1.67. The lowest BCUT2D eigenvalue weighted by Crippen LogP contribution is -2.18. The Hall–Kier alpha value is -0.0800. The molecule has 0 aromatic heterocycles. The first-order valence-corrected chi connectivity index (χ1v) is 6.74. The molecular weight excluding hydrogens is 198 g/mol. The van der Waals surface area contributed by atoms with E-state index in [1.807, 2.05) is 0 Å². The Morgan fingerprint density at radius 3 is 2.19 bits per heavy atom. The standard InChI is InChI=1S/C14H31NO/c1-13(2)7-6-8-14(3)9-11-16-12-10-15(4)5/h13-14H,6-12H2,1-5H3/t14-/m0/s1. The first kappa shape index (κ1) is 15.9. The average molecular weight is 229 g/mol. The first-order chi connectivity index (χ1) is 7.52. The van der Waals surface area contributed by atoms with Crippen molar-refractivity contribution in [1.82, 2.24) is 4.90 Å². The van der Waals surface area contributed by atoms with Crippen LogP contribution >= 0.6 is 0 Å². The van der Waals surface area contributed by atoms with Crippen molar-refractivity contribution in [3.8, 4) is 0 Å². The normalized spacial score (nSPS) is 13.7. The van der Waals surface area contributed by atoms with Crippen LogP contribution in [-0.2, 0) is 4.74 Å². The number of nitrogens with zero attached hydrogens (tertiary/aromatic N) is 1. The van der Waals surface area contributed by atoms with E-state index in [1.165, 1.54) is 25.7 Å². The monoisotopic (exact) mass is 229 g/mol. The largest absolute Gasteiger partial charge is 0.380 e. The zero-order valence-corrected chi connectivity index (χ0v) is 12.0. The van der Waals surface area contributed by atoms with E-state index < -0.39 is 0 Å². The summed E-state index contributed by atoms with van der Waals surface area (Å²) in [5.41, 5.74) is 0. The average Bonchev–Trinajstić information content (AvgIpc) is 2.16. The molecular formula is C14H31NO. The van der Waals surface area contributed by atoms with Crippen molar-refractivity contribution in [3.05, 3.63) is 0 Å². The molecule has 0 rings (SSSR count). The van der Waals surface area contributed by atoms with Gasteiger partial charge in [0.15, 0.2) is 0 Å². The molecule has 0 aliphatic heterocycles. The summed E-state index contributed by atoms with van der Waals surface area (Å²) in [6.07, 6.45) is 5.31. The zero-order valence-electron chi connectivity index (χ0n) is 12.0. The van der Waals surface area contributed by atoms with Gasteiger partial charge < -0.3 is 9.64 Å². The molecule has 0 aliphatic carbocycles. The Labute approximate surface area is 102 Å². The van der Waals surface area contributed by atoms with Gasteiger partial charge in [0, 0.05) is 13.2 Å². The summed E-state index contributed by atoms with van der Waals surface area (Å²) in [4.78, 5) is 2.16. The maximum absolute atomic E-state index is 5.60. The Balaban J connectivity index is 3.20. The molecule has 2 heteroatoms. The molecule has 0 fully saturated rings. The number of hydrogen-bond donors (Lipinski definition) is 0. The molecule has 2 nitrogen and oxygen atoms in total. The summed E-state index contributed by atoms with van der Waals surface area (Å²) < 4.78 is 5.60. The second-order valence-corrected chi connectivity index (χ2v) is 5.63. The van der Waals surface area contributed by atoms with E-state index in [1.54, 1.807) is 0 Å². The summed E-state index contributed by atoms with van der Waals surface area (Å²) in [7, 11) is 4.16. The van der Waals surface area contributed by atoms with Gasteiger partial charge >= 0.3 is 0 Å². The molecule has 0 bridgehead atoms. The van der Waals surface area contributed by atoms with Gasteiger partial charge in [0.2, 0.25) is 0 Å². The van der Waals surface area contributed by atoms with Crippen LogP contribution in [0, 0.1) is 11.8 Å². The van der Waals surface area contributed by atoms with Gasteiger partial charge in [0.05, 0.1) is 6.61 Å². The van der Waals surface area contributed by atoms with E-state index in [0.717, 1.165) is 31.6 Å². The SMILES string of the molecule is CC(C)CCC[C@H](C)CCOCCN(C)C. The number of likely N-dealkylation sites (N-methyl/N-ethyl adjacent to an activating group) is 1. The molecule has 98 valence electrons. The van der Waals surface area contributed by atoms with E-state index in [2.05, 4.69) is 39.8 Å². The molecule has 0 N–H and O–H groups in total. The third-order valence-corrected chi connectivity index (χ3v) is 2.92. The summed E-state index contributed by atoms with van der Waals surface area (Å²) >= 11 is 0. The van der Waals surface area contributed by atoms with Crippen LogP contribution in [0.4, 0.5) is 0 Å². The van der Waals surface area contributed by atoms with Gasteiger partial charge in [-0.1, -0.05) is 40.0 Å². The van der Waals surface area contributed by atoms with Crippen LogP contribution in [0.1, 0.15) is 46.5 Å². The highest BCUT2D eigenvalue weighted by atomic mass is 16.5. The molecule has 16 heavy (non-hydrogen) atoms. The molecule has 0 amide bonds. The van der Waals surface area contributed by atoms with Crippen LogP contribution in [-0.4, -0.2) is 38.8 Å². The summed E-state index contributed by atoms with van der Waals surface area (Å²) in [6, 6.07) is 0. The van der Waals surface area contributed by atoms with E-state index in [0.29, 0.717) is 0 Å². The number of ether oxygens (including phenoxy) is 1. The van der Waals surface area contributed by atoms with Crippen LogP contribution in [0.5, 0.6) is 0 Å². The van der Waals surface area contributed by atoms with Crippen LogP contribution in [0.3, 0.4) is 0 Å². The number of rotatable bonds is 10. The molecule has 0 aromatic carbocycles. The molecule has 1 atom stereocenters. The first-order valence-electron chi connectivity index (χ1n) is 6.74. The third kappa shape index (κ3) is 12.0. The minimum absolute atomic E-state index is 0.818. The zero-order chi connectivity index (χ0) is 12.4. The van der Waals surface area contributed by atoms with Crippen molar-refractivity contribution >= 4 is 0 Å². The fraction of sp³-hybridized carbons (Fsp3) is 1.00. The van der Waals surface area contributed by atoms with Crippen LogP contribution in [0.25, 0.3) is 0 Å². The maximum atomic E-state index is 5.60. The van der Waals surface area contributed by atoms with Gasteiger partial charge in [0.1, 0.15) is 0 Å². The van der Waals surface area contributed by atoms with Gasteiger partial charge in [-0.25, -0.2) is 0 Å². The predicted octanol–water partition coefficient (Wildman–Crippen LogP) is 3.42. The van der Waals surface area contributed by atoms with E-state index in [-0.39, 0.29) is 0 Å². The van der Waals surface area contributed by atoms with Crippen molar-refractivity contribution in [2.24, 2.45) is 11.8 Å². The molecule has 0 saturated carbocycles. The van der Waals surface area contributed by atoms with Crippen molar-refractivity contribution < 1.29 is 4.74 Å². The maximum Gasteiger partial charge on any atom is 0.0593 e. The summed E-state index contributed by atoms with van der Waals surface area (Å²) in [5, 5.41) is 0. The number of hydrogen-bond acceptors (Lipinski definition) is 2. The van der Waals surface area contributed by atoms with Crippen molar-refractivity contribution in [2.75, 3.05) is 33.9 Å². The van der Waals surface area contributed by atoms with Gasteiger partial charge in [0.25, 0.3) is 0 Å². The minimum atomic E-state index is 0.818. The van der Waals surface area contributed by atoms with Crippen LogP contribution in [0.2, 0.25) is 0 Å². The lowest BCUT2D eigenvalue weighted by molar-refractivity contribution is 0.106. The summed E-state index contributed by atoms with van der Waals surface area (Å²) in [6.45, 7) is 9.77. The van der Waals surface area contributed by atoms with Crippen LogP contribution in [0.15, 0.2) is 0 Å². The minimum Gasteiger partial charge on any atom is -0.380 e. The van der Waals surface area contributed by atoms with E-state index in [9.17, 15) is 0 Å². The Kier molecular flexibility index (Phi) is 10.0. The molecule has 0 spiro atoms. The Morgan fingerprint density at radius 1 is 0.938 bits per heavy atom. The fourth-order valence-corrected chi connectivity index (χ4v) is 1.65. The molecule has 0 saturated heterocycles. The molecule has 0 unspecified atom stereocenters. The highest BCUT2D eigenvalue weighted by Crippen LogP contribution is 2.14. The van der Waals surface area contributed by atoms with E-state index in [4.69, 9.17) is 4.74 Å². The van der Waals surface area contributed by atoms with Gasteiger partial charge in [-0.15, -0.1) is 0 Å². The van der Waals surface area contributed by atoms with Gasteiger partial charge in [-0.2, -0.15) is 0 Å². The third-order valence-electron chi connectivity index (χ3n) is 2.92. The highest BCUT2D eigenvalue weighted by Gasteiger charge is 2.03. The molecule has 0 aromatic rings. The lowest BCUT2D eigenvalue weighted by Gasteiger charge is -2.13. The van der Waals surface area contributed by atoms with Crippen molar-refractivity contribution in [3.63, 3.8) is 0 Å². The molecule has 0 aliphatic rings. The second kappa shape index (κ2) is 10.1. The van der Waals surface area contributed by atoms with Crippen molar-refractivity contribution in [2.45, 2.75) is 46.5 Å². The van der Waals surface area contributed by atoms with E-state index >= 15 is 0 Å². The molecule has 0 radical (unpaired) electrons. The topological polar surface area (TPSA) is 12.5 Å². The molecule has 0 heterocycles.